The van der Waals surface area contributed by atoms with E-state index in [1.807, 2.05) is 4.90 Å². The fourth-order valence-corrected chi connectivity index (χ4v) is 4.28. The standard InChI is InChI=1S/C19H27BrFN3O2/c1-26-19(25)16-9-14(20)11-23-18(16)24-8-7-13(17(21)12-24)10-22-15-5-3-2-4-6-15/h9,11,13,15,17,22H,2-8,10,12H2,1H3. The molecule has 1 N–H and O–H groups in total. The molecule has 0 bridgehead atoms. The molecular formula is C19H27BrFN3O2. The first-order valence-corrected chi connectivity index (χ1v) is 10.2. The quantitative estimate of drug-likeness (QED) is 0.725. The van der Waals surface area contributed by atoms with Crippen molar-refractivity contribution >= 4 is 27.7 Å². The van der Waals surface area contributed by atoms with Crippen molar-refractivity contribution in [3.8, 4) is 0 Å². The largest absolute Gasteiger partial charge is 0.465 e. The maximum Gasteiger partial charge on any atom is 0.341 e. The van der Waals surface area contributed by atoms with E-state index >= 15 is 0 Å². The third kappa shape index (κ3) is 4.74. The van der Waals surface area contributed by atoms with Gasteiger partial charge in [-0.15, -0.1) is 0 Å². The van der Waals surface area contributed by atoms with E-state index < -0.39 is 12.1 Å². The van der Waals surface area contributed by atoms with Crippen LogP contribution in [0.25, 0.3) is 0 Å². The van der Waals surface area contributed by atoms with Crippen LogP contribution in [0.3, 0.4) is 0 Å². The van der Waals surface area contributed by atoms with E-state index in [1.165, 1.54) is 39.2 Å². The molecule has 2 aliphatic rings. The number of carbonyl (C=O) groups is 1. The number of nitrogens with one attached hydrogen (secondary N) is 1. The predicted octanol–water partition coefficient (Wildman–Crippen LogP) is 3.72. The lowest BCUT2D eigenvalue weighted by molar-refractivity contribution is 0.0600. The van der Waals surface area contributed by atoms with Gasteiger partial charge < -0.3 is 15.0 Å². The molecule has 2 heterocycles. The Morgan fingerprint density at radius 2 is 2.15 bits per heavy atom. The second kappa shape index (κ2) is 9.13. The summed E-state index contributed by atoms with van der Waals surface area (Å²) < 4.78 is 20.3. The average molecular weight is 428 g/mol. The molecule has 1 saturated carbocycles. The molecule has 2 atom stereocenters. The molecule has 144 valence electrons. The Hall–Kier alpha value is -1.21. The third-order valence-electron chi connectivity index (χ3n) is 5.49. The lowest BCUT2D eigenvalue weighted by Crippen LogP contribution is -2.47. The number of hydrogen-bond acceptors (Lipinski definition) is 5. The number of esters is 1. The number of carbonyl (C=O) groups excluding carboxylic acids is 1. The number of rotatable bonds is 5. The first kappa shape index (κ1) is 19.5. The minimum atomic E-state index is -0.934. The predicted molar refractivity (Wildman–Crippen MR) is 103 cm³/mol. The van der Waals surface area contributed by atoms with Crippen LogP contribution < -0.4 is 10.2 Å². The topological polar surface area (TPSA) is 54.5 Å². The summed E-state index contributed by atoms with van der Waals surface area (Å²) in [4.78, 5) is 18.2. The normalized spacial score (nSPS) is 24.5. The van der Waals surface area contributed by atoms with Gasteiger partial charge in [-0.05, 0) is 41.3 Å². The van der Waals surface area contributed by atoms with Gasteiger partial charge in [0.2, 0.25) is 0 Å². The van der Waals surface area contributed by atoms with Gasteiger partial charge in [0.05, 0.1) is 13.7 Å². The first-order valence-electron chi connectivity index (χ1n) is 9.44. The summed E-state index contributed by atoms with van der Waals surface area (Å²) in [6.07, 6.45) is 7.75. The summed E-state index contributed by atoms with van der Waals surface area (Å²) in [6, 6.07) is 2.23. The maximum absolute atomic E-state index is 14.8. The lowest BCUT2D eigenvalue weighted by Gasteiger charge is -2.37. The fraction of sp³-hybridized carbons (Fsp3) is 0.684. The molecule has 7 heteroatoms. The van der Waals surface area contributed by atoms with Crippen molar-refractivity contribution in [1.82, 2.24) is 10.3 Å². The number of piperidine rings is 1. The Morgan fingerprint density at radius 3 is 2.85 bits per heavy atom. The average Bonchev–Trinajstić information content (AvgIpc) is 2.67. The number of pyridine rings is 1. The molecule has 0 radical (unpaired) electrons. The van der Waals surface area contributed by atoms with Crippen molar-refractivity contribution in [2.75, 3.05) is 31.6 Å². The fourth-order valence-electron chi connectivity index (χ4n) is 3.94. The summed E-state index contributed by atoms with van der Waals surface area (Å²) in [7, 11) is 1.34. The molecule has 0 spiro atoms. The van der Waals surface area contributed by atoms with Crippen molar-refractivity contribution in [2.45, 2.75) is 50.7 Å². The highest BCUT2D eigenvalue weighted by molar-refractivity contribution is 9.10. The number of alkyl halides is 1. The van der Waals surface area contributed by atoms with Crippen LogP contribution in [0, 0.1) is 5.92 Å². The van der Waals surface area contributed by atoms with Gasteiger partial charge in [-0.25, -0.2) is 14.2 Å². The van der Waals surface area contributed by atoms with Crippen LogP contribution in [0.2, 0.25) is 0 Å². The third-order valence-corrected chi connectivity index (χ3v) is 5.92. The van der Waals surface area contributed by atoms with Gasteiger partial charge >= 0.3 is 5.97 Å². The number of nitrogens with zero attached hydrogens (tertiary/aromatic N) is 2. The van der Waals surface area contributed by atoms with E-state index in [0.29, 0.717) is 28.4 Å². The number of halogens is 2. The van der Waals surface area contributed by atoms with Crippen LogP contribution in [-0.2, 0) is 4.74 Å². The van der Waals surface area contributed by atoms with Crippen molar-refractivity contribution < 1.29 is 13.9 Å². The molecular weight excluding hydrogens is 401 g/mol. The lowest BCUT2D eigenvalue weighted by atomic mass is 9.92. The van der Waals surface area contributed by atoms with E-state index in [9.17, 15) is 9.18 Å². The van der Waals surface area contributed by atoms with E-state index in [1.54, 1.807) is 12.3 Å². The van der Waals surface area contributed by atoms with Gasteiger partial charge in [-0.3, -0.25) is 0 Å². The van der Waals surface area contributed by atoms with Crippen LogP contribution >= 0.6 is 15.9 Å². The zero-order valence-corrected chi connectivity index (χ0v) is 16.8. The summed E-state index contributed by atoms with van der Waals surface area (Å²) >= 11 is 3.33. The number of methoxy groups -OCH3 is 1. The van der Waals surface area contributed by atoms with E-state index in [4.69, 9.17) is 4.74 Å². The Kier molecular flexibility index (Phi) is 6.86. The number of hydrogen-bond donors (Lipinski definition) is 1. The molecule has 2 unspecified atom stereocenters. The highest BCUT2D eigenvalue weighted by Gasteiger charge is 2.32. The van der Waals surface area contributed by atoms with Crippen LogP contribution in [0.15, 0.2) is 16.7 Å². The minimum Gasteiger partial charge on any atom is -0.465 e. The van der Waals surface area contributed by atoms with Gasteiger partial charge in [-0.2, -0.15) is 0 Å². The smallest absolute Gasteiger partial charge is 0.341 e. The zero-order chi connectivity index (χ0) is 18.5. The summed E-state index contributed by atoms with van der Waals surface area (Å²) in [5.74, 6) is 0.0666. The maximum atomic E-state index is 14.8. The number of anilines is 1. The van der Waals surface area contributed by atoms with Crippen molar-refractivity contribution in [3.05, 3.63) is 22.3 Å². The summed E-state index contributed by atoms with van der Waals surface area (Å²) in [5, 5.41) is 3.57. The molecule has 0 aromatic carbocycles. The van der Waals surface area contributed by atoms with Crippen LogP contribution in [0.4, 0.5) is 10.2 Å². The van der Waals surface area contributed by atoms with Gasteiger partial charge in [0, 0.05) is 35.7 Å². The molecule has 0 amide bonds. The van der Waals surface area contributed by atoms with Gasteiger partial charge in [0.25, 0.3) is 0 Å². The molecule has 1 aromatic rings. The highest BCUT2D eigenvalue weighted by atomic mass is 79.9. The Bertz CT molecular complexity index is 625. The zero-order valence-electron chi connectivity index (χ0n) is 15.2. The monoisotopic (exact) mass is 427 g/mol. The molecule has 1 aliphatic carbocycles. The summed E-state index contributed by atoms with van der Waals surface area (Å²) in [6.45, 7) is 1.68. The Balaban J connectivity index is 1.60. The van der Waals surface area contributed by atoms with Gasteiger partial charge in [0.1, 0.15) is 17.6 Å². The van der Waals surface area contributed by atoms with Gasteiger partial charge in [-0.1, -0.05) is 19.3 Å². The molecule has 3 rings (SSSR count). The highest BCUT2D eigenvalue weighted by Crippen LogP contribution is 2.29. The molecule has 1 aliphatic heterocycles. The number of aromatic nitrogens is 1. The van der Waals surface area contributed by atoms with Crippen molar-refractivity contribution in [2.24, 2.45) is 5.92 Å². The Morgan fingerprint density at radius 1 is 1.38 bits per heavy atom. The summed E-state index contributed by atoms with van der Waals surface area (Å²) in [5.41, 5.74) is 0.368. The molecule has 26 heavy (non-hydrogen) atoms. The Labute approximate surface area is 162 Å². The van der Waals surface area contributed by atoms with E-state index in [0.717, 1.165) is 13.0 Å². The van der Waals surface area contributed by atoms with E-state index in [2.05, 4.69) is 26.2 Å². The minimum absolute atomic E-state index is 0.0187. The van der Waals surface area contributed by atoms with Crippen LogP contribution in [0.1, 0.15) is 48.9 Å². The SMILES string of the molecule is COC(=O)c1cc(Br)cnc1N1CCC(CNC2CCCCC2)C(F)C1. The second-order valence-corrected chi connectivity index (χ2v) is 8.19. The van der Waals surface area contributed by atoms with E-state index in [-0.39, 0.29) is 12.5 Å². The second-order valence-electron chi connectivity index (χ2n) is 7.27. The number of ether oxygens (including phenoxy) is 1. The van der Waals surface area contributed by atoms with Gasteiger partial charge in [0.15, 0.2) is 0 Å². The van der Waals surface area contributed by atoms with Crippen molar-refractivity contribution in [1.29, 1.82) is 0 Å². The van der Waals surface area contributed by atoms with Crippen LogP contribution in [-0.4, -0.2) is 49.9 Å². The van der Waals surface area contributed by atoms with Crippen LogP contribution in [0.5, 0.6) is 0 Å². The molecule has 1 aromatic heterocycles. The first-order chi connectivity index (χ1) is 12.6. The molecule has 5 nitrogen and oxygen atoms in total. The van der Waals surface area contributed by atoms with Crippen molar-refractivity contribution in [3.63, 3.8) is 0 Å². The molecule has 1 saturated heterocycles. The molecule has 2 fully saturated rings.